The molecule has 0 aliphatic heterocycles. The number of ether oxygens (including phenoxy) is 1. The first-order valence-corrected chi connectivity index (χ1v) is 13.0. The lowest BCUT2D eigenvalue weighted by Gasteiger charge is -2.30. The molecule has 1 aliphatic carbocycles. The molecule has 2 amide bonds. The van der Waals surface area contributed by atoms with Crippen molar-refractivity contribution in [1.29, 1.82) is 5.26 Å². The highest BCUT2D eigenvalue weighted by molar-refractivity contribution is 6.00. The summed E-state index contributed by atoms with van der Waals surface area (Å²) in [6.07, 6.45) is 5.75. The summed E-state index contributed by atoms with van der Waals surface area (Å²) in [4.78, 5) is 29.9. The predicted molar refractivity (Wildman–Crippen MR) is 145 cm³/mol. The third-order valence-electron chi connectivity index (χ3n) is 6.27. The van der Waals surface area contributed by atoms with Crippen LogP contribution >= 0.6 is 0 Å². The molecule has 0 spiro atoms. The molecule has 3 heterocycles. The summed E-state index contributed by atoms with van der Waals surface area (Å²) >= 11 is 0. The Morgan fingerprint density at radius 3 is 2.39 bits per heavy atom. The number of rotatable bonds is 6. The van der Waals surface area contributed by atoms with Crippen LogP contribution in [0.15, 0.2) is 36.7 Å². The third-order valence-corrected chi connectivity index (χ3v) is 6.27. The number of pyridine rings is 1. The molecule has 0 atom stereocenters. The highest BCUT2D eigenvalue weighted by Crippen LogP contribution is 2.27. The van der Waals surface area contributed by atoms with Gasteiger partial charge >= 0.3 is 6.09 Å². The molecule has 10 heteroatoms. The molecule has 0 saturated heterocycles. The van der Waals surface area contributed by atoms with Crippen molar-refractivity contribution in [3.63, 3.8) is 0 Å². The largest absolute Gasteiger partial charge is 0.444 e. The first-order chi connectivity index (χ1) is 18.0. The lowest BCUT2D eigenvalue weighted by molar-refractivity contribution is 0.0488. The van der Waals surface area contributed by atoms with Crippen LogP contribution in [0.1, 0.15) is 76.2 Å². The fourth-order valence-corrected chi connectivity index (χ4v) is 4.58. The van der Waals surface area contributed by atoms with Crippen molar-refractivity contribution in [3.05, 3.63) is 47.8 Å². The van der Waals surface area contributed by atoms with Crippen LogP contribution in [0.5, 0.6) is 0 Å². The monoisotopic (exact) mass is 517 g/mol. The van der Waals surface area contributed by atoms with E-state index in [1.807, 2.05) is 52.8 Å². The van der Waals surface area contributed by atoms with Gasteiger partial charge in [-0.1, -0.05) is 0 Å². The summed E-state index contributed by atoms with van der Waals surface area (Å²) in [5, 5.41) is 23.0. The van der Waals surface area contributed by atoms with Gasteiger partial charge in [0.25, 0.3) is 5.91 Å². The number of hydrogen-bond acceptors (Lipinski definition) is 7. The molecule has 3 aromatic rings. The molecule has 0 bridgehead atoms. The van der Waals surface area contributed by atoms with Gasteiger partial charge in [-0.05, 0) is 84.6 Å². The second kappa shape index (κ2) is 11.1. The molecule has 3 aromatic heterocycles. The van der Waals surface area contributed by atoms with Crippen molar-refractivity contribution in [2.75, 3.05) is 5.32 Å². The van der Waals surface area contributed by atoms with Crippen LogP contribution in [-0.4, -0.2) is 50.3 Å². The van der Waals surface area contributed by atoms with Crippen LogP contribution in [0.3, 0.4) is 0 Å². The Balaban J connectivity index is 1.45. The molecule has 0 unspecified atom stereocenters. The molecule has 1 saturated carbocycles. The Hall–Kier alpha value is -4.13. The molecule has 10 nitrogen and oxygen atoms in total. The summed E-state index contributed by atoms with van der Waals surface area (Å²) in [6.45, 7) is 9.54. The number of hydrogen-bond donors (Lipinski definition) is 3. The van der Waals surface area contributed by atoms with Crippen LogP contribution in [0.4, 0.5) is 10.5 Å². The van der Waals surface area contributed by atoms with E-state index in [-0.39, 0.29) is 24.0 Å². The van der Waals surface area contributed by atoms with E-state index < -0.39 is 11.7 Å². The van der Waals surface area contributed by atoms with Gasteiger partial charge in [0.2, 0.25) is 0 Å². The molecule has 38 heavy (non-hydrogen) atoms. The minimum atomic E-state index is -0.535. The van der Waals surface area contributed by atoms with Crippen molar-refractivity contribution in [2.45, 2.75) is 84.0 Å². The van der Waals surface area contributed by atoms with E-state index in [4.69, 9.17) is 10.00 Å². The van der Waals surface area contributed by atoms with E-state index in [2.05, 4.69) is 32.1 Å². The molecule has 3 N–H and O–H groups in total. The van der Waals surface area contributed by atoms with Gasteiger partial charge in [0.05, 0.1) is 39.9 Å². The zero-order valence-electron chi connectivity index (χ0n) is 22.5. The zero-order chi connectivity index (χ0) is 27.4. The van der Waals surface area contributed by atoms with E-state index in [0.29, 0.717) is 22.5 Å². The normalized spacial score (nSPS) is 17.6. The van der Waals surface area contributed by atoms with Gasteiger partial charge in [-0.15, -0.1) is 0 Å². The van der Waals surface area contributed by atoms with Crippen LogP contribution in [-0.2, 0) is 4.74 Å². The number of fused-ring (bicyclic) bond motifs is 1. The highest BCUT2D eigenvalue weighted by atomic mass is 16.6. The Bertz CT molecular complexity index is 1360. The van der Waals surface area contributed by atoms with Gasteiger partial charge < -0.3 is 20.7 Å². The summed E-state index contributed by atoms with van der Waals surface area (Å²) < 4.78 is 7.08. The van der Waals surface area contributed by atoms with Crippen molar-refractivity contribution in [1.82, 2.24) is 25.2 Å². The van der Waals surface area contributed by atoms with Gasteiger partial charge in [0.1, 0.15) is 11.7 Å². The molecule has 0 radical (unpaired) electrons. The molecule has 200 valence electrons. The van der Waals surface area contributed by atoms with Gasteiger partial charge in [0.15, 0.2) is 0 Å². The standard InChI is InChI=1S/C28H35N7O3/c1-17(2)32-23-13-24(25-11-10-21-12-18(14-29)15-31-35(21)25)30-16-22(23)26(36)33-19-6-8-20(9-7-19)34-27(37)38-28(3,4)5/h10-13,15-17,19-20H,6-9H2,1-5H3,(H,30,32)(H,33,36)(H,34,37)/t19-,20-. The molecule has 1 fully saturated rings. The van der Waals surface area contributed by atoms with Crippen molar-refractivity contribution in [3.8, 4) is 17.5 Å². The molecular formula is C28H35N7O3. The number of nitriles is 1. The SMILES string of the molecule is CC(C)Nc1cc(-c2ccc3cc(C#N)cnn23)ncc1C(=O)N[C@H]1CC[C@H](NC(=O)OC(C)(C)C)CC1. The molecular weight excluding hydrogens is 482 g/mol. The predicted octanol–water partition coefficient (Wildman–Crippen LogP) is 4.65. The number of carbonyl (C=O) groups is 2. The first-order valence-electron chi connectivity index (χ1n) is 13.0. The summed E-state index contributed by atoms with van der Waals surface area (Å²) in [5.74, 6) is -0.187. The number of anilines is 1. The maximum absolute atomic E-state index is 13.3. The fraction of sp³-hybridized carbons (Fsp3) is 0.464. The van der Waals surface area contributed by atoms with E-state index in [1.54, 1.807) is 16.8 Å². The van der Waals surface area contributed by atoms with Crippen LogP contribution in [0.25, 0.3) is 16.9 Å². The Morgan fingerprint density at radius 1 is 1.08 bits per heavy atom. The van der Waals surface area contributed by atoms with Crippen LogP contribution in [0, 0.1) is 11.3 Å². The molecule has 1 aliphatic rings. The molecule has 4 rings (SSSR count). The van der Waals surface area contributed by atoms with Gasteiger partial charge in [-0.25, -0.2) is 9.31 Å². The number of nitrogens with zero attached hydrogens (tertiary/aromatic N) is 4. The van der Waals surface area contributed by atoms with Gasteiger partial charge in [0, 0.05) is 24.3 Å². The quantitative estimate of drug-likeness (QED) is 0.433. The lowest BCUT2D eigenvalue weighted by atomic mass is 9.91. The average Bonchev–Trinajstić information content (AvgIpc) is 3.26. The minimum Gasteiger partial charge on any atom is -0.444 e. The van der Waals surface area contributed by atoms with Gasteiger partial charge in [-0.3, -0.25) is 9.78 Å². The Labute approximate surface area is 222 Å². The van der Waals surface area contributed by atoms with Crippen molar-refractivity contribution in [2.24, 2.45) is 0 Å². The average molecular weight is 518 g/mol. The first kappa shape index (κ1) is 26.9. The van der Waals surface area contributed by atoms with E-state index in [1.165, 1.54) is 6.20 Å². The topological polar surface area (TPSA) is 133 Å². The smallest absolute Gasteiger partial charge is 0.407 e. The summed E-state index contributed by atoms with van der Waals surface area (Å²) in [7, 11) is 0. The summed E-state index contributed by atoms with van der Waals surface area (Å²) in [5.41, 5.74) is 3.32. The number of amides is 2. The molecule has 0 aromatic carbocycles. The number of aromatic nitrogens is 3. The zero-order valence-corrected chi connectivity index (χ0v) is 22.5. The maximum Gasteiger partial charge on any atom is 0.407 e. The lowest BCUT2D eigenvalue weighted by Crippen LogP contribution is -2.45. The van der Waals surface area contributed by atoms with Crippen LogP contribution < -0.4 is 16.0 Å². The third kappa shape index (κ3) is 6.59. The summed E-state index contributed by atoms with van der Waals surface area (Å²) in [6, 6.07) is 9.66. The Kier molecular flexibility index (Phi) is 7.86. The van der Waals surface area contributed by atoms with E-state index in [9.17, 15) is 9.59 Å². The second-order valence-electron chi connectivity index (χ2n) is 11.0. The fourth-order valence-electron chi connectivity index (χ4n) is 4.58. The van der Waals surface area contributed by atoms with Crippen molar-refractivity contribution < 1.29 is 14.3 Å². The Morgan fingerprint density at radius 2 is 1.76 bits per heavy atom. The van der Waals surface area contributed by atoms with Crippen molar-refractivity contribution >= 4 is 23.2 Å². The number of alkyl carbamates (subject to hydrolysis) is 1. The van der Waals surface area contributed by atoms with Gasteiger partial charge in [-0.2, -0.15) is 10.4 Å². The number of carbonyl (C=O) groups excluding carboxylic acids is 2. The minimum absolute atomic E-state index is 0.0128. The van der Waals surface area contributed by atoms with E-state index >= 15 is 0 Å². The second-order valence-corrected chi connectivity index (χ2v) is 11.0. The number of nitrogens with one attached hydrogen (secondary N) is 3. The van der Waals surface area contributed by atoms with Crippen LogP contribution in [0.2, 0.25) is 0 Å². The maximum atomic E-state index is 13.3. The highest BCUT2D eigenvalue weighted by Gasteiger charge is 2.26. The van der Waals surface area contributed by atoms with E-state index in [0.717, 1.165) is 36.9 Å².